The number of hydrogen-bond donors (Lipinski definition) is 3. The van der Waals surface area contributed by atoms with Crippen molar-refractivity contribution in [3.8, 4) is 0 Å². The van der Waals surface area contributed by atoms with E-state index in [1.165, 1.54) is 12.1 Å². The van der Waals surface area contributed by atoms with Crippen LogP contribution < -0.4 is 5.32 Å². The number of benzene rings is 2. The summed E-state index contributed by atoms with van der Waals surface area (Å²) in [5.74, 6) is -6.69. The van der Waals surface area contributed by atoms with Gasteiger partial charge in [0.1, 0.15) is 0 Å². The largest absolute Gasteiger partial charge is 0.481 e. The Bertz CT molecular complexity index is 1400. The molecule has 7 nitrogen and oxygen atoms in total. The minimum Gasteiger partial charge on any atom is -0.481 e. The van der Waals surface area contributed by atoms with Crippen LogP contribution in [0.1, 0.15) is 51.1 Å². The van der Waals surface area contributed by atoms with Crippen LogP contribution in [0.15, 0.2) is 48.0 Å². The van der Waals surface area contributed by atoms with E-state index < -0.39 is 65.0 Å². The predicted octanol–water partition coefficient (Wildman–Crippen LogP) is 5.88. The van der Waals surface area contributed by atoms with Crippen LogP contribution in [0.4, 0.5) is 27.6 Å². The number of rotatable bonds is 6. The van der Waals surface area contributed by atoms with E-state index in [2.05, 4.69) is 5.32 Å². The molecule has 1 aliphatic carbocycles. The molecule has 0 saturated carbocycles. The predicted molar refractivity (Wildman–Crippen MR) is 132 cm³/mol. The van der Waals surface area contributed by atoms with Crippen molar-refractivity contribution in [1.29, 1.82) is 5.41 Å². The number of halogens is 6. The Hall–Kier alpha value is -3.80. The molecule has 1 fully saturated rings. The number of carboxylic acids is 1. The van der Waals surface area contributed by atoms with Crippen molar-refractivity contribution < 1.29 is 41.4 Å². The maximum absolute atomic E-state index is 13.6. The van der Waals surface area contributed by atoms with Gasteiger partial charge in [0, 0.05) is 11.1 Å². The molecule has 3 N–H and O–H groups in total. The van der Waals surface area contributed by atoms with E-state index >= 15 is 0 Å². The van der Waals surface area contributed by atoms with E-state index in [1.54, 1.807) is 6.08 Å². The lowest BCUT2D eigenvalue weighted by Gasteiger charge is -2.38. The zero-order valence-electron chi connectivity index (χ0n) is 20.0. The number of hydrogen-bond acceptors (Lipinski definition) is 4. The Morgan fingerprint density at radius 2 is 1.82 bits per heavy atom. The third-order valence-electron chi connectivity index (χ3n) is 6.54. The number of likely N-dealkylation sites (tertiary alicyclic amines) is 1. The molecule has 1 unspecified atom stereocenters. The Kier molecular flexibility index (Phi) is 7.53. The number of carbonyl (C=O) groups excluding carboxylic acids is 2. The van der Waals surface area contributed by atoms with Crippen LogP contribution in [0.25, 0.3) is 0 Å². The molecule has 206 valence electrons. The second-order valence-electron chi connectivity index (χ2n) is 9.31. The molecule has 2 aromatic rings. The van der Waals surface area contributed by atoms with Gasteiger partial charge in [-0.1, -0.05) is 23.7 Å². The smallest absolute Gasteiger partial charge is 0.417 e. The van der Waals surface area contributed by atoms with Crippen molar-refractivity contribution in [3.05, 3.63) is 75.3 Å². The van der Waals surface area contributed by atoms with Crippen molar-refractivity contribution in [2.24, 2.45) is 5.92 Å². The first kappa shape index (κ1) is 28.2. The average Bonchev–Trinajstić information content (AvgIpc) is 2.85. The minimum absolute atomic E-state index is 0.0366. The quantitative estimate of drug-likeness (QED) is 0.298. The number of allylic oxidation sites excluding steroid dienone is 2. The fourth-order valence-corrected chi connectivity index (χ4v) is 4.73. The van der Waals surface area contributed by atoms with E-state index in [1.807, 2.05) is 0 Å². The molecule has 0 radical (unpaired) electrons. The van der Waals surface area contributed by atoms with Gasteiger partial charge >= 0.3 is 12.1 Å². The molecule has 0 aromatic heterocycles. The second kappa shape index (κ2) is 10.4. The summed E-state index contributed by atoms with van der Waals surface area (Å²) in [6.07, 6.45) is -2.73. The van der Waals surface area contributed by atoms with Gasteiger partial charge in [0.25, 0.3) is 17.7 Å². The molecule has 2 amide bonds. The summed E-state index contributed by atoms with van der Waals surface area (Å²) in [4.78, 5) is 38.0. The van der Waals surface area contributed by atoms with Gasteiger partial charge in [-0.15, -0.1) is 0 Å². The first-order chi connectivity index (χ1) is 18.2. The molecular formula is C26H21ClF5N3O4. The summed E-state index contributed by atoms with van der Waals surface area (Å²) in [5, 5.41) is 19.7. The van der Waals surface area contributed by atoms with Crippen molar-refractivity contribution in [3.63, 3.8) is 0 Å². The van der Waals surface area contributed by atoms with Crippen molar-refractivity contribution in [1.82, 2.24) is 4.90 Å². The summed E-state index contributed by atoms with van der Waals surface area (Å²) in [7, 11) is 0. The standard InChI is InChI=1S/C26H21ClF5N3O4/c27-18-3-1-2-17(26(30,31)32)20(18)22(36)34-19-10-15(23(37)35-11-25(28,29)12-35)8-9-16(19)21(33)13-4-6-14(7-5-13)24(38)39/h1-4,8-10,14,33H,5-7,11-12H2,(H,34,36)(H,38,39). The topological polar surface area (TPSA) is 111 Å². The highest BCUT2D eigenvalue weighted by atomic mass is 35.5. The first-order valence-corrected chi connectivity index (χ1v) is 12.0. The number of nitrogens with zero attached hydrogens (tertiary/aromatic N) is 1. The lowest BCUT2D eigenvalue weighted by molar-refractivity contribution is -0.142. The fraction of sp³-hybridized carbons (Fsp3) is 0.308. The van der Waals surface area contributed by atoms with Crippen molar-refractivity contribution in [2.75, 3.05) is 18.4 Å². The number of carbonyl (C=O) groups is 3. The Labute approximate surface area is 223 Å². The molecule has 1 heterocycles. The van der Waals surface area contributed by atoms with Gasteiger partial charge in [0.05, 0.1) is 46.6 Å². The van der Waals surface area contributed by atoms with Gasteiger partial charge in [0.15, 0.2) is 0 Å². The highest BCUT2D eigenvalue weighted by Crippen LogP contribution is 2.36. The lowest BCUT2D eigenvalue weighted by atomic mass is 9.85. The molecule has 13 heteroatoms. The Morgan fingerprint density at radius 1 is 1.13 bits per heavy atom. The number of amides is 2. The summed E-state index contributed by atoms with van der Waals surface area (Å²) in [5.41, 5.74) is -2.17. The monoisotopic (exact) mass is 569 g/mol. The van der Waals surface area contributed by atoms with Crippen LogP contribution >= 0.6 is 11.6 Å². The lowest BCUT2D eigenvalue weighted by Crippen LogP contribution is -2.58. The molecule has 4 rings (SSSR count). The van der Waals surface area contributed by atoms with E-state index in [4.69, 9.17) is 17.0 Å². The van der Waals surface area contributed by atoms with Gasteiger partial charge in [-0.2, -0.15) is 13.2 Å². The molecule has 0 spiro atoms. The summed E-state index contributed by atoms with van der Waals surface area (Å²) in [6, 6.07) is 6.46. The molecular weight excluding hydrogens is 549 g/mol. The Morgan fingerprint density at radius 3 is 2.38 bits per heavy atom. The number of nitrogens with one attached hydrogen (secondary N) is 2. The molecule has 2 aliphatic rings. The van der Waals surface area contributed by atoms with E-state index in [0.717, 1.165) is 23.1 Å². The average molecular weight is 570 g/mol. The third-order valence-corrected chi connectivity index (χ3v) is 6.86. The molecule has 2 aromatic carbocycles. The Balaban J connectivity index is 1.72. The molecule has 1 saturated heterocycles. The van der Waals surface area contributed by atoms with Gasteiger partial charge in [-0.25, -0.2) is 8.78 Å². The van der Waals surface area contributed by atoms with Gasteiger partial charge in [-0.3, -0.25) is 19.8 Å². The summed E-state index contributed by atoms with van der Waals surface area (Å²) >= 11 is 5.94. The van der Waals surface area contributed by atoms with Gasteiger partial charge < -0.3 is 15.3 Å². The zero-order valence-corrected chi connectivity index (χ0v) is 20.8. The summed E-state index contributed by atoms with van der Waals surface area (Å²) < 4.78 is 67.4. The number of carboxylic acid groups (broad SMARTS) is 1. The zero-order chi connectivity index (χ0) is 28.7. The van der Waals surface area contributed by atoms with Crippen LogP contribution in [0.3, 0.4) is 0 Å². The van der Waals surface area contributed by atoms with Gasteiger partial charge in [-0.05, 0) is 55.2 Å². The first-order valence-electron chi connectivity index (χ1n) is 11.7. The number of alkyl halides is 5. The van der Waals surface area contributed by atoms with Crippen LogP contribution in [0, 0.1) is 11.3 Å². The maximum atomic E-state index is 13.6. The van der Waals surface area contributed by atoms with Crippen LogP contribution in [0.5, 0.6) is 0 Å². The SMILES string of the molecule is N=C(C1=CCC(C(=O)O)CC1)c1ccc(C(=O)N2CC(F)(F)C2)cc1NC(=O)c1c(Cl)cccc1C(F)(F)F. The summed E-state index contributed by atoms with van der Waals surface area (Å²) in [6.45, 7) is -1.62. The highest BCUT2D eigenvalue weighted by molar-refractivity contribution is 6.35. The maximum Gasteiger partial charge on any atom is 0.417 e. The molecule has 1 aliphatic heterocycles. The molecule has 1 atom stereocenters. The van der Waals surface area contributed by atoms with E-state index in [9.17, 15) is 41.4 Å². The minimum atomic E-state index is -4.92. The van der Waals surface area contributed by atoms with Gasteiger partial charge in [0.2, 0.25) is 0 Å². The second-order valence-corrected chi connectivity index (χ2v) is 9.71. The van der Waals surface area contributed by atoms with E-state index in [0.29, 0.717) is 11.6 Å². The normalized spacial score (nSPS) is 18.6. The van der Waals surface area contributed by atoms with Crippen LogP contribution in [0.2, 0.25) is 5.02 Å². The number of aliphatic carboxylic acids is 1. The fourth-order valence-electron chi connectivity index (χ4n) is 4.47. The van der Waals surface area contributed by atoms with Crippen LogP contribution in [-0.2, 0) is 11.0 Å². The molecule has 39 heavy (non-hydrogen) atoms. The molecule has 0 bridgehead atoms. The van der Waals surface area contributed by atoms with Crippen molar-refractivity contribution in [2.45, 2.75) is 31.4 Å². The van der Waals surface area contributed by atoms with Crippen molar-refractivity contribution >= 4 is 40.8 Å². The third kappa shape index (κ3) is 5.95. The van der Waals surface area contributed by atoms with Crippen LogP contribution in [-0.4, -0.2) is 52.5 Å². The number of anilines is 1. The highest BCUT2D eigenvalue weighted by Gasteiger charge is 2.46. The van der Waals surface area contributed by atoms with E-state index in [-0.39, 0.29) is 41.8 Å².